The van der Waals surface area contributed by atoms with E-state index in [9.17, 15) is 17.6 Å². The molecule has 112 valence electrons. The Balaban J connectivity index is 2.46. The van der Waals surface area contributed by atoms with E-state index >= 15 is 0 Å². The van der Waals surface area contributed by atoms with Crippen LogP contribution in [0.4, 0.5) is 17.6 Å². The molecule has 2 N–H and O–H groups in total. The van der Waals surface area contributed by atoms with Crippen molar-refractivity contribution < 1.29 is 22.3 Å². The molecule has 2 rings (SSSR count). The lowest BCUT2D eigenvalue weighted by Crippen LogP contribution is -2.18. The van der Waals surface area contributed by atoms with Gasteiger partial charge in [0.2, 0.25) is 0 Å². The fraction of sp³-hybridized carbons (Fsp3) is 0.200. The summed E-state index contributed by atoms with van der Waals surface area (Å²) in [6, 6.07) is 7.48. The monoisotopic (exact) mass is 299 g/mol. The van der Waals surface area contributed by atoms with Gasteiger partial charge in [-0.3, -0.25) is 0 Å². The summed E-state index contributed by atoms with van der Waals surface area (Å²) in [5.74, 6) is -0.205. The third-order valence-corrected chi connectivity index (χ3v) is 3.13. The number of halogens is 4. The first-order valence-electron chi connectivity index (χ1n) is 6.09. The summed E-state index contributed by atoms with van der Waals surface area (Å²) in [7, 11) is 1.48. The SMILES string of the molecule is COc1ccc(C(N)c2cc(F)ccc2C(F)(F)F)cc1. The smallest absolute Gasteiger partial charge is 0.416 e. The molecule has 0 saturated carbocycles. The molecule has 0 saturated heterocycles. The number of hydrogen-bond donors (Lipinski definition) is 1. The number of nitrogens with two attached hydrogens (primary N) is 1. The molecule has 0 fully saturated rings. The Kier molecular flexibility index (Phi) is 4.18. The minimum absolute atomic E-state index is 0.298. The minimum atomic E-state index is -4.59. The maximum Gasteiger partial charge on any atom is 0.416 e. The average Bonchev–Trinajstić information content (AvgIpc) is 2.45. The van der Waals surface area contributed by atoms with E-state index in [1.807, 2.05) is 0 Å². The zero-order valence-corrected chi connectivity index (χ0v) is 11.1. The summed E-state index contributed by atoms with van der Waals surface area (Å²) in [6.07, 6.45) is -4.59. The van der Waals surface area contributed by atoms with Crippen molar-refractivity contribution in [1.82, 2.24) is 0 Å². The van der Waals surface area contributed by atoms with Gasteiger partial charge in [0.1, 0.15) is 11.6 Å². The minimum Gasteiger partial charge on any atom is -0.497 e. The zero-order chi connectivity index (χ0) is 15.6. The summed E-state index contributed by atoms with van der Waals surface area (Å²) in [6.45, 7) is 0. The second kappa shape index (κ2) is 5.73. The Hall–Kier alpha value is -2.08. The van der Waals surface area contributed by atoms with E-state index in [-0.39, 0.29) is 5.56 Å². The van der Waals surface area contributed by atoms with E-state index in [1.54, 1.807) is 24.3 Å². The number of benzene rings is 2. The predicted molar refractivity (Wildman–Crippen MR) is 70.4 cm³/mol. The van der Waals surface area contributed by atoms with Crippen molar-refractivity contribution in [3.8, 4) is 5.75 Å². The first-order valence-corrected chi connectivity index (χ1v) is 6.09. The molecule has 1 unspecified atom stereocenters. The third kappa shape index (κ3) is 3.33. The highest BCUT2D eigenvalue weighted by molar-refractivity contribution is 5.40. The molecule has 0 bridgehead atoms. The molecule has 0 aliphatic carbocycles. The van der Waals surface area contributed by atoms with Crippen LogP contribution in [0.15, 0.2) is 42.5 Å². The van der Waals surface area contributed by atoms with Crippen LogP contribution >= 0.6 is 0 Å². The van der Waals surface area contributed by atoms with E-state index in [0.29, 0.717) is 17.4 Å². The average molecular weight is 299 g/mol. The van der Waals surface area contributed by atoms with Gasteiger partial charge in [-0.05, 0) is 41.5 Å². The Morgan fingerprint density at radius 1 is 1.05 bits per heavy atom. The van der Waals surface area contributed by atoms with Gasteiger partial charge in [-0.25, -0.2) is 4.39 Å². The zero-order valence-electron chi connectivity index (χ0n) is 11.1. The van der Waals surface area contributed by atoms with E-state index in [2.05, 4.69) is 0 Å². The van der Waals surface area contributed by atoms with E-state index in [1.165, 1.54) is 7.11 Å². The van der Waals surface area contributed by atoms with Crippen LogP contribution in [0.3, 0.4) is 0 Å². The van der Waals surface area contributed by atoms with Gasteiger partial charge in [-0.15, -0.1) is 0 Å². The summed E-state index contributed by atoms with van der Waals surface area (Å²) >= 11 is 0. The van der Waals surface area contributed by atoms with Crippen molar-refractivity contribution in [2.24, 2.45) is 5.73 Å². The number of rotatable bonds is 3. The van der Waals surface area contributed by atoms with E-state index < -0.39 is 23.6 Å². The van der Waals surface area contributed by atoms with Crippen LogP contribution in [0.1, 0.15) is 22.7 Å². The molecular weight excluding hydrogens is 286 g/mol. The Bertz CT molecular complexity index is 623. The van der Waals surface area contributed by atoms with Gasteiger partial charge in [0.15, 0.2) is 0 Å². The molecule has 0 heterocycles. The maximum absolute atomic E-state index is 13.3. The summed E-state index contributed by atoms with van der Waals surface area (Å²) in [5.41, 5.74) is 5.07. The third-order valence-electron chi connectivity index (χ3n) is 3.13. The number of hydrogen-bond acceptors (Lipinski definition) is 2. The standard InChI is InChI=1S/C15H13F4NO/c1-21-11-5-2-9(3-6-11)14(20)12-8-10(16)4-7-13(12)15(17,18)19/h2-8,14H,20H2,1H3. The van der Waals surface area contributed by atoms with Crippen molar-refractivity contribution in [3.63, 3.8) is 0 Å². The molecular formula is C15H13F4NO. The van der Waals surface area contributed by atoms with Gasteiger partial charge in [-0.2, -0.15) is 13.2 Å². The molecule has 21 heavy (non-hydrogen) atoms. The van der Waals surface area contributed by atoms with Crippen LogP contribution in [0.25, 0.3) is 0 Å². The van der Waals surface area contributed by atoms with Gasteiger partial charge in [0, 0.05) is 0 Å². The molecule has 2 nitrogen and oxygen atoms in total. The van der Waals surface area contributed by atoms with Crippen molar-refractivity contribution in [1.29, 1.82) is 0 Å². The quantitative estimate of drug-likeness (QED) is 0.872. The van der Waals surface area contributed by atoms with Gasteiger partial charge in [0.05, 0.1) is 18.7 Å². The Morgan fingerprint density at radius 3 is 2.19 bits per heavy atom. The maximum atomic E-state index is 13.3. The number of ether oxygens (including phenoxy) is 1. The molecule has 6 heteroatoms. The van der Waals surface area contributed by atoms with E-state index in [0.717, 1.165) is 12.1 Å². The van der Waals surface area contributed by atoms with Crippen molar-refractivity contribution in [3.05, 3.63) is 65.0 Å². The first kappa shape index (κ1) is 15.3. The van der Waals surface area contributed by atoms with Crippen LogP contribution < -0.4 is 10.5 Å². The Morgan fingerprint density at radius 2 is 1.67 bits per heavy atom. The van der Waals surface area contributed by atoms with Gasteiger partial charge >= 0.3 is 6.18 Å². The van der Waals surface area contributed by atoms with Crippen LogP contribution in [0, 0.1) is 5.82 Å². The molecule has 0 radical (unpaired) electrons. The molecule has 0 aliphatic heterocycles. The second-order valence-electron chi connectivity index (χ2n) is 4.48. The van der Waals surface area contributed by atoms with Crippen LogP contribution in [0.5, 0.6) is 5.75 Å². The molecule has 1 atom stereocenters. The Labute approximate surface area is 119 Å². The van der Waals surface area contributed by atoms with Gasteiger partial charge in [0.25, 0.3) is 0 Å². The van der Waals surface area contributed by atoms with Crippen molar-refractivity contribution >= 4 is 0 Å². The predicted octanol–water partition coefficient (Wildman–Crippen LogP) is 3.90. The highest BCUT2D eigenvalue weighted by atomic mass is 19.4. The van der Waals surface area contributed by atoms with Gasteiger partial charge < -0.3 is 10.5 Å². The highest BCUT2D eigenvalue weighted by Gasteiger charge is 2.35. The first-order chi connectivity index (χ1) is 9.82. The highest BCUT2D eigenvalue weighted by Crippen LogP contribution is 2.36. The largest absolute Gasteiger partial charge is 0.497 e. The topological polar surface area (TPSA) is 35.2 Å². The summed E-state index contributed by atoms with van der Waals surface area (Å²) in [4.78, 5) is 0. The molecule has 2 aromatic rings. The molecule has 0 amide bonds. The second-order valence-corrected chi connectivity index (χ2v) is 4.48. The number of methoxy groups -OCH3 is 1. The molecule has 0 spiro atoms. The summed E-state index contributed by atoms with van der Waals surface area (Å²) < 4.78 is 57.2. The normalized spacial score (nSPS) is 13.0. The van der Waals surface area contributed by atoms with Crippen molar-refractivity contribution in [2.45, 2.75) is 12.2 Å². The lowest BCUT2D eigenvalue weighted by molar-refractivity contribution is -0.138. The fourth-order valence-corrected chi connectivity index (χ4v) is 2.04. The van der Waals surface area contributed by atoms with Crippen LogP contribution in [0.2, 0.25) is 0 Å². The lowest BCUT2D eigenvalue weighted by atomic mass is 9.94. The number of alkyl halides is 3. The molecule has 0 aromatic heterocycles. The fourth-order valence-electron chi connectivity index (χ4n) is 2.04. The van der Waals surface area contributed by atoms with Gasteiger partial charge in [-0.1, -0.05) is 12.1 Å². The lowest BCUT2D eigenvalue weighted by Gasteiger charge is -2.19. The van der Waals surface area contributed by atoms with Crippen LogP contribution in [-0.2, 0) is 6.18 Å². The molecule has 0 aliphatic rings. The molecule has 2 aromatic carbocycles. The summed E-state index contributed by atoms with van der Waals surface area (Å²) in [5, 5.41) is 0. The van der Waals surface area contributed by atoms with Crippen LogP contribution in [-0.4, -0.2) is 7.11 Å². The van der Waals surface area contributed by atoms with E-state index in [4.69, 9.17) is 10.5 Å². The van der Waals surface area contributed by atoms with Crippen molar-refractivity contribution in [2.75, 3.05) is 7.11 Å².